The number of benzene rings is 1. The van der Waals surface area contributed by atoms with Crippen molar-refractivity contribution < 1.29 is 9.53 Å². The molecule has 0 atom stereocenters. The first-order valence-electron chi connectivity index (χ1n) is 6.12. The van der Waals surface area contributed by atoms with Gasteiger partial charge >= 0.3 is 0 Å². The third-order valence-electron chi connectivity index (χ3n) is 2.40. The molecule has 0 N–H and O–H groups in total. The van der Waals surface area contributed by atoms with Gasteiger partial charge in [0.2, 0.25) is 0 Å². The predicted molar refractivity (Wildman–Crippen MR) is 77.8 cm³/mol. The van der Waals surface area contributed by atoms with E-state index >= 15 is 0 Å². The lowest BCUT2D eigenvalue weighted by Gasteiger charge is -2.08. The van der Waals surface area contributed by atoms with E-state index in [1.807, 2.05) is 45.3 Å². The molecule has 1 aromatic carbocycles. The number of carbonyl (C=O) groups is 1. The minimum atomic E-state index is 0.182. The molecule has 0 aromatic heterocycles. The Balaban J connectivity index is 2.37. The normalized spacial score (nSPS) is 10.7. The van der Waals surface area contributed by atoms with Crippen molar-refractivity contribution in [2.24, 2.45) is 0 Å². The molecule has 1 aromatic rings. The van der Waals surface area contributed by atoms with Crippen LogP contribution < -0.4 is 4.74 Å². The Bertz CT molecular complexity index is 363. The van der Waals surface area contributed by atoms with Gasteiger partial charge in [-0.3, -0.25) is 4.79 Å². The maximum absolute atomic E-state index is 11.9. The smallest absolute Gasteiger partial charge is 0.172 e. The first-order chi connectivity index (χ1) is 8.63. The van der Waals surface area contributed by atoms with Crippen molar-refractivity contribution >= 4 is 17.5 Å². The molecule has 0 unspecified atom stereocenters. The minimum absolute atomic E-state index is 0.182. The molecule has 0 spiro atoms. The molecule has 0 bridgehead atoms. The molecule has 3 nitrogen and oxygen atoms in total. The van der Waals surface area contributed by atoms with Crippen LogP contribution in [-0.4, -0.2) is 49.4 Å². The van der Waals surface area contributed by atoms with Gasteiger partial charge in [0.1, 0.15) is 5.75 Å². The topological polar surface area (TPSA) is 29.5 Å². The number of nitrogens with zero attached hydrogens (tertiary/aromatic N) is 1. The van der Waals surface area contributed by atoms with Crippen molar-refractivity contribution in [3.05, 3.63) is 29.8 Å². The number of hydrogen-bond donors (Lipinski definition) is 0. The maximum Gasteiger partial charge on any atom is 0.172 e. The summed E-state index contributed by atoms with van der Waals surface area (Å²) >= 11 is 1.68. The van der Waals surface area contributed by atoms with Crippen molar-refractivity contribution in [1.82, 2.24) is 4.90 Å². The molecule has 0 aliphatic carbocycles. The fourth-order valence-corrected chi connectivity index (χ4v) is 2.39. The number of Topliss-reactive ketones (excluding diaryl/α,β-unsaturated/α-hetero) is 1. The minimum Gasteiger partial charge on any atom is -0.494 e. The summed E-state index contributed by atoms with van der Waals surface area (Å²) in [6.45, 7) is 3.59. The van der Waals surface area contributed by atoms with E-state index < -0.39 is 0 Å². The lowest BCUT2D eigenvalue weighted by Crippen LogP contribution is -2.15. The summed E-state index contributed by atoms with van der Waals surface area (Å²) in [5, 5.41) is 0. The molecule has 0 aliphatic heterocycles. The van der Waals surface area contributed by atoms with Gasteiger partial charge in [-0.2, -0.15) is 11.8 Å². The third kappa shape index (κ3) is 5.56. The number of rotatable bonds is 8. The Kier molecular flexibility index (Phi) is 6.83. The molecule has 0 fully saturated rings. The first kappa shape index (κ1) is 15.1. The fraction of sp³-hybridized carbons (Fsp3) is 0.500. The Morgan fingerprint density at radius 3 is 2.50 bits per heavy atom. The van der Waals surface area contributed by atoms with E-state index in [9.17, 15) is 4.79 Å². The van der Waals surface area contributed by atoms with Crippen molar-refractivity contribution in [2.45, 2.75) is 6.92 Å². The number of hydrogen-bond acceptors (Lipinski definition) is 4. The Morgan fingerprint density at radius 1 is 1.28 bits per heavy atom. The highest BCUT2D eigenvalue weighted by molar-refractivity contribution is 8.00. The van der Waals surface area contributed by atoms with Gasteiger partial charge < -0.3 is 9.64 Å². The number of ether oxygens (including phenoxy) is 1. The number of carbonyl (C=O) groups excluding carboxylic acids is 1. The summed E-state index contributed by atoms with van der Waals surface area (Å²) in [5.41, 5.74) is 0.760. The second-order valence-corrected chi connectivity index (χ2v) is 5.34. The predicted octanol–water partition coefficient (Wildman–Crippen LogP) is 2.56. The standard InChI is InChI=1S/C14H21NO2S/c1-4-17-13-7-5-12(6-8-13)14(16)11-18-10-9-15(2)3/h5-8H,4,9-11H2,1-3H3. The summed E-state index contributed by atoms with van der Waals surface area (Å²) in [4.78, 5) is 14.0. The highest BCUT2D eigenvalue weighted by atomic mass is 32.2. The molecule has 0 saturated heterocycles. The van der Waals surface area contributed by atoms with E-state index in [1.54, 1.807) is 11.8 Å². The highest BCUT2D eigenvalue weighted by Crippen LogP contribution is 2.14. The SMILES string of the molecule is CCOc1ccc(C(=O)CSCCN(C)C)cc1. The van der Waals surface area contributed by atoms with Crippen LogP contribution in [0.5, 0.6) is 5.75 Å². The Labute approximate surface area is 114 Å². The second kappa shape index (κ2) is 8.16. The summed E-state index contributed by atoms with van der Waals surface area (Å²) < 4.78 is 5.34. The second-order valence-electron chi connectivity index (χ2n) is 4.24. The van der Waals surface area contributed by atoms with E-state index in [1.165, 1.54) is 0 Å². The Morgan fingerprint density at radius 2 is 1.94 bits per heavy atom. The van der Waals surface area contributed by atoms with E-state index in [2.05, 4.69) is 4.90 Å². The number of thioether (sulfide) groups is 1. The summed E-state index contributed by atoms with van der Waals surface area (Å²) in [5.74, 6) is 2.52. The molecule has 1 rings (SSSR count). The number of ketones is 1. The fourth-order valence-electron chi connectivity index (χ4n) is 1.40. The molecule has 0 amide bonds. The maximum atomic E-state index is 11.9. The van der Waals surface area contributed by atoms with Crippen molar-refractivity contribution in [1.29, 1.82) is 0 Å². The van der Waals surface area contributed by atoms with Crippen LogP contribution in [0, 0.1) is 0 Å². The van der Waals surface area contributed by atoms with Gasteiger partial charge in [0.15, 0.2) is 5.78 Å². The average molecular weight is 267 g/mol. The lowest BCUT2D eigenvalue weighted by molar-refractivity contribution is 0.102. The zero-order valence-corrected chi connectivity index (χ0v) is 12.1. The quantitative estimate of drug-likeness (QED) is 0.535. The molecular weight excluding hydrogens is 246 g/mol. The summed E-state index contributed by atoms with van der Waals surface area (Å²) in [7, 11) is 4.07. The molecular formula is C14H21NO2S. The van der Waals surface area contributed by atoms with Crippen LogP contribution in [0.2, 0.25) is 0 Å². The van der Waals surface area contributed by atoms with E-state index in [0.29, 0.717) is 12.4 Å². The van der Waals surface area contributed by atoms with Crippen LogP contribution in [0.3, 0.4) is 0 Å². The highest BCUT2D eigenvalue weighted by Gasteiger charge is 2.06. The molecule has 100 valence electrons. The van der Waals surface area contributed by atoms with Crippen LogP contribution in [-0.2, 0) is 0 Å². The largest absolute Gasteiger partial charge is 0.494 e. The first-order valence-corrected chi connectivity index (χ1v) is 7.27. The van der Waals surface area contributed by atoms with Gasteiger partial charge in [-0.05, 0) is 45.3 Å². The summed E-state index contributed by atoms with van der Waals surface area (Å²) in [6, 6.07) is 7.36. The average Bonchev–Trinajstić information content (AvgIpc) is 2.35. The van der Waals surface area contributed by atoms with E-state index in [4.69, 9.17) is 4.74 Å². The van der Waals surface area contributed by atoms with Gasteiger partial charge in [0.25, 0.3) is 0 Å². The van der Waals surface area contributed by atoms with Gasteiger partial charge in [0, 0.05) is 17.9 Å². The molecule has 18 heavy (non-hydrogen) atoms. The van der Waals surface area contributed by atoms with Crippen molar-refractivity contribution in [2.75, 3.05) is 38.8 Å². The molecule has 0 aliphatic rings. The molecule has 0 radical (unpaired) electrons. The van der Waals surface area contributed by atoms with Crippen molar-refractivity contribution in [3.8, 4) is 5.75 Å². The third-order valence-corrected chi connectivity index (χ3v) is 3.34. The molecule has 0 heterocycles. The van der Waals surface area contributed by atoms with Gasteiger partial charge in [-0.15, -0.1) is 0 Å². The van der Waals surface area contributed by atoms with Crippen LogP contribution >= 0.6 is 11.8 Å². The van der Waals surface area contributed by atoms with Gasteiger partial charge in [0.05, 0.1) is 12.4 Å². The van der Waals surface area contributed by atoms with E-state index in [0.717, 1.165) is 23.6 Å². The van der Waals surface area contributed by atoms with Crippen LogP contribution in [0.15, 0.2) is 24.3 Å². The molecule has 4 heteroatoms. The summed E-state index contributed by atoms with van der Waals surface area (Å²) in [6.07, 6.45) is 0. The van der Waals surface area contributed by atoms with Crippen LogP contribution in [0.4, 0.5) is 0 Å². The van der Waals surface area contributed by atoms with E-state index in [-0.39, 0.29) is 5.78 Å². The van der Waals surface area contributed by atoms with Gasteiger partial charge in [-0.1, -0.05) is 0 Å². The lowest BCUT2D eigenvalue weighted by atomic mass is 10.1. The van der Waals surface area contributed by atoms with Crippen molar-refractivity contribution in [3.63, 3.8) is 0 Å². The van der Waals surface area contributed by atoms with Crippen LogP contribution in [0.1, 0.15) is 17.3 Å². The Hall–Kier alpha value is -1.00. The zero-order valence-electron chi connectivity index (χ0n) is 11.3. The zero-order chi connectivity index (χ0) is 13.4. The monoisotopic (exact) mass is 267 g/mol. The van der Waals surface area contributed by atoms with Crippen LogP contribution in [0.25, 0.3) is 0 Å². The molecule has 0 saturated carbocycles. The van der Waals surface area contributed by atoms with Gasteiger partial charge in [-0.25, -0.2) is 0 Å².